The third kappa shape index (κ3) is 3.97. The molecule has 0 saturated carbocycles. The first-order chi connectivity index (χ1) is 17.2. The Balaban J connectivity index is 1.31. The normalized spacial score (nSPS) is 15.0. The molecule has 0 atom stereocenters. The number of para-hydroxylation sites is 2. The Labute approximate surface area is 204 Å². The number of aromatic nitrogens is 3. The smallest absolute Gasteiger partial charge is 0.261 e. The van der Waals surface area contributed by atoms with Gasteiger partial charge in [-0.1, -0.05) is 42.0 Å². The molecule has 2 aliphatic rings. The zero-order valence-electron chi connectivity index (χ0n) is 19.9. The van der Waals surface area contributed by atoms with Crippen LogP contribution in [0.5, 0.6) is 0 Å². The fraction of sp³-hybridized carbons (Fsp3) is 0.345. The van der Waals surface area contributed by atoms with Gasteiger partial charge in [-0.15, -0.1) is 0 Å². The van der Waals surface area contributed by atoms with Crippen molar-refractivity contribution in [3.63, 3.8) is 0 Å². The molecule has 0 unspecified atom stereocenters. The van der Waals surface area contributed by atoms with Gasteiger partial charge in [0.2, 0.25) is 5.91 Å². The zero-order valence-corrected chi connectivity index (χ0v) is 19.9. The van der Waals surface area contributed by atoms with E-state index in [1.54, 1.807) is 4.57 Å². The van der Waals surface area contributed by atoms with E-state index in [9.17, 15) is 9.59 Å². The molecule has 0 fully saturated rings. The predicted molar refractivity (Wildman–Crippen MR) is 139 cm³/mol. The van der Waals surface area contributed by atoms with Gasteiger partial charge in [0.1, 0.15) is 0 Å². The fourth-order valence-corrected chi connectivity index (χ4v) is 5.69. The topological polar surface area (TPSA) is 68.9 Å². The number of carbonyl (C=O) groups excluding carboxylic acids is 1. The molecule has 6 heteroatoms. The van der Waals surface area contributed by atoms with Gasteiger partial charge < -0.3 is 9.88 Å². The first-order valence-corrected chi connectivity index (χ1v) is 12.8. The lowest BCUT2D eigenvalue weighted by Crippen LogP contribution is -2.29. The minimum absolute atomic E-state index is 0.00261. The number of rotatable bonds is 6. The van der Waals surface area contributed by atoms with Gasteiger partial charge in [0.05, 0.1) is 16.6 Å². The van der Waals surface area contributed by atoms with Crippen LogP contribution in [-0.2, 0) is 24.3 Å². The van der Waals surface area contributed by atoms with Gasteiger partial charge in [-0.3, -0.25) is 14.2 Å². The standard InChI is InChI=1S/C29H30N4O2/c34-26(30-17-14-20-8-2-1-3-9-20)16-19-32-25-13-7-5-10-21(25)22-15-18-33-28(27(22)32)31-24-12-6-4-11-23(24)29(33)35/h4-8,10-13H,1-3,9,14-19H2,(H,30,34). The first-order valence-electron chi connectivity index (χ1n) is 12.8. The second-order valence-corrected chi connectivity index (χ2v) is 9.61. The van der Waals surface area contributed by atoms with Crippen LogP contribution in [0.3, 0.4) is 0 Å². The lowest BCUT2D eigenvalue weighted by atomic mass is 9.97. The molecule has 0 saturated heterocycles. The maximum absolute atomic E-state index is 13.3. The minimum Gasteiger partial charge on any atom is -0.356 e. The number of amides is 1. The molecule has 0 spiro atoms. The van der Waals surface area contributed by atoms with Gasteiger partial charge in [-0.2, -0.15) is 0 Å². The molecule has 1 aliphatic heterocycles. The van der Waals surface area contributed by atoms with Gasteiger partial charge in [0.25, 0.3) is 5.56 Å². The van der Waals surface area contributed by atoms with E-state index >= 15 is 0 Å². The van der Waals surface area contributed by atoms with E-state index in [1.807, 2.05) is 30.3 Å². The highest BCUT2D eigenvalue weighted by atomic mass is 16.1. The van der Waals surface area contributed by atoms with Crippen LogP contribution < -0.4 is 10.9 Å². The van der Waals surface area contributed by atoms with Crippen molar-refractivity contribution in [1.82, 2.24) is 19.4 Å². The Kier molecular flexibility index (Phi) is 5.72. The van der Waals surface area contributed by atoms with E-state index in [2.05, 4.69) is 34.2 Å². The average Bonchev–Trinajstić information content (AvgIpc) is 3.22. The van der Waals surface area contributed by atoms with Crippen LogP contribution in [-0.4, -0.2) is 26.6 Å². The summed E-state index contributed by atoms with van der Waals surface area (Å²) in [5.74, 6) is 0.767. The number of carbonyl (C=O) groups is 1. The van der Waals surface area contributed by atoms with E-state index in [0.29, 0.717) is 42.8 Å². The SMILES string of the molecule is O=C(CCn1c2c(c3ccccc31)CCn1c-2nc2ccccc2c1=O)NCCC1=CCCCC1. The maximum atomic E-state index is 13.3. The highest BCUT2D eigenvalue weighted by Gasteiger charge is 2.27. The molecule has 1 amide bonds. The number of hydrogen-bond donors (Lipinski definition) is 1. The van der Waals surface area contributed by atoms with Gasteiger partial charge in [-0.05, 0) is 62.3 Å². The molecule has 3 heterocycles. The largest absolute Gasteiger partial charge is 0.356 e. The molecule has 1 aliphatic carbocycles. The van der Waals surface area contributed by atoms with Crippen LogP contribution >= 0.6 is 0 Å². The molecule has 178 valence electrons. The van der Waals surface area contributed by atoms with Crippen LogP contribution in [0.2, 0.25) is 0 Å². The third-order valence-electron chi connectivity index (χ3n) is 7.45. The summed E-state index contributed by atoms with van der Waals surface area (Å²) in [5.41, 5.74) is 5.47. The number of allylic oxidation sites excluding steroid dienone is 1. The van der Waals surface area contributed by atoms with Crippen LogP contribution in [0.25, 0.3) is 33.3 Å². The van der Waals surface area contributed by atoms with Gasteiger partial charge >= 0.3 is 0 Å². The molecule has 6 rings (SSSR count). The lowest BCUT2D eigenvalue weighted by Gasteiger charge is -2.21. The zero-order chi connectivity index (χ0) is 23.8. The van der Waals surface area contributed by atoms with E-state index < -0.39 is 0 Å². The molecular formula is C29H30N4O2. The van der Waals surface area contributed by atoms with E-state index in [-0.39, 0.29) is 11.5 Å². The monoisotopic (exact) mass is 466 g/mol. The van der Waals surface area contributed by atoms with Crippen molar-refractivity contribution in [2.24, 2.45) is 0 Å². The molecule has 0 bridgehead atoms. The second kappa shape index (κ2) is 9.17. The fourth-order valence-electron chi connectivity index (χ4n) is 5.69. The molecule has 2 aromatic carbocycles. The van der Waals surface area contributed by atoms with Crippen LogP contribution in [0.1, 0.15) is 44.1 Å². The summed E-state index contributed by atoms with van der Waals surface area (Å²) in [6.07, 6.45) is 9.33. The Morgan fingerprint density at radius 1 is 1.00 bits per heavy atom. The molecule has 4 aromatic rings. The van der Waals surface area contributed by atoms with Crippen molar-refractivity contribution in [3.8, 4) is 11.5 Å². The van der Waals surface area contributed by atoms with Crippen molar-refractivity contribution in [2.45, 2.75) is 58.0 Å². The summed E-state index contributed by atoms with van der Waals surface area (Å²) < 4.78 is 4.00. The summed E-state index contributed by atoms with van der Waals surface area (Å²) in [4.78, 5) is 31.0. The molecule has 2 aromatic heterocycles. The number of benzene rings is 2. The van der Waals surface area contributed by atoms with Crippen molar-refractivity contribution in [1.29, 1.82) is 0 Å². The lowest BCUT2D eigenvalue weighted by molar-refractivity contribution is -0.121. The highest BCUT2D eigenvalue weighted by molar-refractivity contribution is 5.92. The molecule has 35 heavy (non-hydrogen) atoms. The second-order valence-electron chi connectivity index (χ2n) is 9.61. The van der Waals surface area contributed by atoms with Crippen LogP contribution in [0, 0.1) is 0 Å². The Bertz CT molecular complexity index is 1530. The number of fused-ring (bicyclic) bond motifs is 6. The van der Waals surface area contributed by atoms with Gasteiger partial charge in [0.15, 0.2) is 5.82 Å². The highest BCUT2D eigenvalue weighted by Crippen LogP contribution is 2.36. The van der Waals surface area contributed by atoms with Crippen molar-refractivity contribution < 1.29 is 4.79 Å². The maximum Gasteiger partial charge on any atom is 0.261 e. The van der Waals surface area contributed by atoms with E-state index in [4.69, 9.17) is 4.98 Å². The number of hydrogen-bond acceptors (Lipinski definition) is 3. The Morgan fingerprint density at radius 2 is 1.83 bits per heavy atom. The number of aryl methyl sites for hydroxylation is 2. The predicted octanol–water partition coefficient (Wildman–Crippen LogP) is 4.97. The van der Waals surface area contributed by atoms with Gasteiger partial charge in [0, 0.05) is 37.0 Å². The van der Waals surface area contributed by atoms with Gasteiger partial charge in [-0.25, -0.2) is 4.98 Å². The quantitative estimate of drug-likeness (QED) is 0.408. The molecule has 1 N–H and O–H groups in total. The minimum atomic E-state index is 0.00261. The number of nitrogens with one attached hydrogen (secondary N) is 1. The third-order valence-corrected chi connectivity index (χ3v) is 7.45. The Morgan fingerprint density at radius 3 is 2.69 bits per heavy atom. The van der Waals surface area contributed by atoms with Crippen molar-refractivity contribution >= 4 is 27.7 Å². The summed E-state index contributed by atoms with van der Waals surface area (Å²) in [5, 5.41) is 4.94. The van der Waals surface area contributed by atoms with Crippen LogP contribution in [0.15, 0.2) is 65.0 Å². The molecular weight excluding hydrogens is 436 g/mol. The van der Waals surface area contributed by atoms with Crippen LogP contribution in [0.4, 0.5) is 0 Å². The summed E-state index contributed by atoms with van der Waals surface area (Å²) >= 11 is 0. The number of nitrogens with zero attached hydrogens (tertiary/aromatic N) is 3. The van der Waals surface area contributed by atoms with Crippen molar-refractivity contribution in [3.05, 3.63) is 76.1 Å². The summed E-state index contributed by atoms with van der Waals surface area (Å²) in [6, 6.07) is 15.9. The Hall–Kier alpha value is -3.67. The average molecular weight is 467 g/mol. The molecule has 6 nitrogen and oxygen atoms in total. The summed E-state index contributed by atoms with van der Waals surface area (Å²) in [7, 11) is 0. The summed E-state index contributed by atoms with van der Waals surface area (Å²) in [6.45, 7) is 1.86. The van der Waals surface area contributed by atoms with E-state index in [0.717, 1.165) is 30.5 Å². The van der Waals surface area contributed by atoms with E-state index in [1.165, 1.54) is 35.8 Å². The first kappa shape index (κ1) is 21.8. The molecule has 0 radical (unpaired) electrons. The van der Waals surface area contributed by atoms with Crippen molar-refractivity contribution in [2.75, 3.05) is 6.54 Å².